The van der Waals surface area contributed by atoms with E-state index in [2.05, 4.69) is 40.0 Å². The van der Waals surface area contributed by atoms with E-state index in [1.165, 1.54) is 56.2 Å². The van der Waals surface area contributed by atoms with Crippen LogP contribution >= 0.6 is 15.9 Å². The Morgan fingerprint density at radius 3 is 3.18 bits per heavy atom. The molecule has 2 atom stereocenters. The van der Waals surface area contributed by atoms with Gasteiger partial charge >= 0.3 is 0 Å². The Kier molecular flexibility index (Phi) is 5.02. The molecular weight excluding hydrogens is 274 g/mol. The second-order valence-corrected chi connectivity index (χ2v) is 6.40. The third kappa shape index (κ3) is 3.54. The highest BCUT2D eigenvalue weighted by molar-refractivity contribution is 9.09. The summed E-state index contributed by atoms with van der Waals surface area (Å²) in [5, 5.41) is 0. The largest absolute Gasteiger partial charge is 0.261 e. The van der Waals surface area contributed by atoms with Gasteiger partial charge in [0.25, 0.3) is 0 Å². The van der Waals surface area contributed by atoms with E-state index in [-0.39, 0.29) is 0 Å². The molecule has 2 heteroatoms. The minimum Gasteiger partial charge on any atom is -0.261 e. The van der Waals surface area contributed by atoms with Crippen LogP contribution in [0.25, 0.3) is 0 Å². The van der Waals surface area contributed by atoms with Crippen molar-refractivity contribution in [3.05, 3.63) is 29.6 Å². The summed E-state index contributed by atoms with van der Waals surface area (Å²) < 4.78 is 0. The molecule has 2 unspecified atom stereocenters. The number of aryl methyl sites for hydroxylation is 1. The fraction of sp³-hybridized carbons (Fsp3) is 0.667. The number of hydrogen-bond acceptors (Lipinski definition) is 1. The predicted molar refractivity (Wildman–Crippen MR) is 76.8 cm³/mol. The van der Waals surface area contributed by atoms with Crippen molar-refractivity contribution in [3.63, 3.8) is 0 Å². The van der Waals surface area contributed by atoms with E-state index in [9.17, 15) is 0 Å². The highest BCUT2D eigenvalue weighted by Crippen LogP contribution is 2.34. The van der Waals surface area contributed by atoms with Crippen molar-refractivity contribution in [1.82, 2.24) is 4.98 Å². The van der Waals surface area contributed by atoms with Gasteiger partial charge in [-0.2, -0.15) is 0 Å². The summed E-state index contributed by atoms with van der Waals surface area (Å²) in [5.41, 5.74) is 2.88. The highest BCUT2D eigenvalue weighted by atomic mass is 79.9. The van der Waals surface area contributed by atoms with Crippen LogP contribution < -0.4 is 0 Å². The number of pyridine rings is 1. The molecule has 0 aromatic carbocycles. The molecule has 1 heterocycles. The second kappa shape index (κ2) is 6.53. The number of hydrogen-bond donors (Lipinski definition) is 0. The number of alkyl halides is 1. The molecule has 1 aromatic rings. The normalized spacial score (nSPS) is 20.9. The molecule has 0 saturated heterocycles. The Morgan fingerprint density at radius 2 is 2.35 bits per heavy atom. The van der Waals surface area contributed by atoms with Crippen molar-refractivity contribution < 1.29 is 0 Å². The highest BCUT2D eigenvalue weighted by Gasteiger charge is 2.21. The summed E-state index contributed by atoms with van der Waals surface area (Å²) in [6.45, 7) is 2.26. The third-order valence-electron chi connectivity index (χ3n) is 3.74. The average Bonchev–Trinajstić information content (AvgIpc) is 2.36. The van der Waals surface area contributed by atoms with Crippen LogP contribution in [0.15, 0.2) is 18.3 Å². The quantitative estimate of drug-likeness (QED) is 0.708. The first-order valence-electron chi connectivity index (χ1n) is 6.89. The molecule has 0 fully saturated rings. The van der Waals surface area contributed by atoms with E-state index in [0.29, 0.717) is 10.7 Å². The van der Waals surface area contributed by atoms with Crippen LogP contribution in [0.4, 0.5) is 0 Å². The molecule has 0 spiro atoms. The minimum absolute atomic E-state index is 0.696. The Balaban J connectivity index is 1.94. The van der Waals surface area contributed by atoms with Crippen molar-refractivity contribution in [1.29, 1.82) is 0 Å². The van der Waals surface area contributed by atoms with Gasteiger partial charge in [-0.05, 0) is 50.2 Å². The zero-order chi connectivity index (χ0) is 12.1. The summed E-state index contributed by atoms with van der Waals surface area (Å²) in [4.78, 5) is 5.31. The van der Waals surface area contributed by atoms with Gasteiger partial charge in [0.05, 0.1) is 0 Å². The van der Waals surface area contributed by atoms with Gasteiger partial charge in [-0.15, -0.1) is 0 Å². The molecule has 0 bridgehead atoms. The summed E-state index contributed by atoms with van der Waals surface area (Å²) in [6.07, 6.45) is 11.0. The number of fused-ring (bicyclic) bond motifs is 1. The van der Waals surface area contributed by atoms with Crippen molar-refractivity contribution in [2.75, 3.05) is 0 Å². The van der Waals surface area contributed by atoms with Crippen LogP contribution in [-0.2, 0) is 6.42 Å². The zero-order valence-corrected chi connectivity index (χ0v) is 12.2. The lowest BCUT2D eigenvalue weighted by atomic mass is 9.83. The molecule has 94 valence electrons. The second-order valence-electron chi connectivity index (χ2n) is 5.10. The molecule has 0 aliphatic heterocycles. The molecule has 0 amide bonds. The summed E-state index contributed by atoms with van der Waals surface area (Å²) in [6, 6.07) is 4.33. The van der Waals surface area contributed by atoms with Crippen LogP contribution in [-0.4, -0.2) is 9.81 Å². The summed E-state index contributed by atoms with van der Waals surface area (Å²) in [7, 11) is 0. The first-order chi connectivity index (χ1) is 8.31. The maximum atomic E-state index is 4.61. The number of nitrogens with zero attached hydrogens (tertiary/aromatic N) is 1. The van der Waals surface area contributed by atoms with Crippen LogP contribution in [0.3, 0.4) is 0 Å². The summed E-state index contributed by atoms with van der Waals surface area (Å²) in [5.74, 6) is 0.705. The number of aromatic nitrogens is 1. The van der Waals surface area contributed by atoms with E-state index >= 15 is 0 Å². The molecule has 1 nitrogen and oxygen atoms in total. The van der Waals surface area contributed by atoms with Gasteiger partial charge < -0.3 is 0 Å². The topological polar surface area (TPSA) is 12.9 Å². The van der Waals surface area contributed by atoms with Gasteiger partial charge in [0.15, 0.2) is 0 Å². The molecule has 0 saturated carbocycles. The van der Waals surface area contributed by atoms with Gasteiger partial charge in [0.1, 0.15) is 0 Å². The fourth-order valence-corrected chi connectivity index (χ4v) is 3.55. The molecule has 0 N–H and O–H groups in total. The Bertz CT molecular complexity index is 351. The first-order valence-corrected chi connectivity index (χ1v) is 7.80. The molecule has 1 aliphatic carbocycles. The Hall–Kier alpha value is -0.370. The molecule has 1 aliphatic rings. The van der Waals surface area contributed by atoms with E-state index in [4.69, 9.17) is 0 Å². The molecule has 2 rings (SSSR count). The van der Waals surface area contributed by atoms with Crippen molar-refractivity contribution in [3.8, 4) is 0 Å². The third-order valence-corrected chi connectivity index (χ3v) is 4.66. The standard InChI is InChI=1S/C15H22BrN/c1-2-5-14(16)10-9-13-7-3-6-12-8-4-11-17-15(12)13/h4,8,11,13-14H,2-3,5-7,9-10H2,1H3. The smallest absolute Gasteiger partial charge is 0.0466 e. The van der Waals surface area contributed by atoms with Gasteiger partial charge in [0, 0.05) is 22.6 Å². The van der Waals surface area contributed by atoms with E-state index in [1.54, 1.807) is 0 Å². The van der Waals surface area contributed by atoms with E-state index in [0.717, 1.165) is 0 Å². The van der Waals surface area contributed by atoms with Crippen LogP contribution in [0, 0.1) is 0 Å². The monoisotopic (exact) mass is 295 g/mol. The van der Waals surface area contributed by atoms with Crippen molar-refractivity contribution in [2.45, 2.75) is 62.6 Å². The maximum absolute atomic E-state index is 4.61. The number of halogens is 1. The minimum atomic E-state index is 0.696. The Labute approximate surface area is 113 Å². The van der Waals surface area contributed by atoms with Crippen LogP contribution in [0.2, 0.25) is 0 Å². The van der Waals surface area contributed by atoms with Gasteiger partial charge in [-0.1, -0.05) is 35.3 Å². The van der Waals surface area contributed by atoms with Crippen LogP contribution in [0.1, 0.15) is 62.6 Å². The number of rotatable bonds is 5. The lowest BCUT2D eigenvalue weighted by molar-refractivity contribution is 0.484. The zero-order valence-electron chi connectivity index (χ0n) is 10.7. The molecule has 17 heavy (non-hydrogen) atoms. The van der Waals surface area contributed by atoms with Gasteiger partial charge in [0.2, 0.25) is 0 Å². The SMILES string of the molecule is CCCC(Br)CCC1CCCc2cccnc21. The fourth-order valence-electron chi connectivity index (χ4n) is 2.83. The van der Waals surface area contributed by atoms with Gasteiger partial charge in [-0.3, -0.25) is 4.98 Å². The maximum Gasteiger partial charge on any atom is 0.0466 e. The molecular formula is C15H22BrN. The van der Waals surface area contributed by atoms with Crippen LogP contribution in [0.5, 0.6) is 0 Å². The van der Waals surface area contributed by atoms with E-state index < -0.39 is 0 Å². The lowest BCUT2D eigenvalue weighted by Crippen LogP contribution is -2.13. The van der Waals surface area contributed by atoms with E-state index in [1.807, 2.05) is 6.20 Å². The predicted octanol–water partition coefficient (Wildman–Crippen LogP) is 4.85. The van der Waals surface area contributed by atoms with Gasteiger partial charge in [-0.25, -0.2) is 0 Å². The van der Waals surface area contributed by atoms with Crippen molar-refractivity contribution >= 4 is 15.9 Å². The summed E-state index contributed by atoms with van der Waals surface area (Å²) >= 11 is 3.78. The molecule has 0 radical (unpaired) electrons. The average molecular weight is 296 g/mol. The Morgan fingerprint density at radius 1 is 1.47 bits per heavy atom. The first kappa shape index (κ1) is 13.1. The van der Waals surface area contributed by atoms with Crippen molar-refractivity contribution in [2.24, 2.45) is 0 Å². The lowest BCUT2D eigenvalue weighted by Gasteiger charge is -2.24. The molecule has 1 aromatic heterocycles.